The minimum Gasteiger partial charge on any atom is -0.484 e. The molecule has 0 spiro atoms. The zero-order chi connectivity index (χ0) is 14.8. The van der Waals surface area contributed by atoms with Crippen LogP contribution in [0, 0.1) is 23.2 Å². The van der Waals surface area contributed by atoms with Crippen molar-refractivity contribution < 1.29 is 14.6 Å². The van der Waals surface area contributed by atoms with Crippen LogP contribution in [0.15, 0.2) is 24.3 Å². The van der Waals surface area contributed by atoms with Crippen LogP contribution in [0.5, 0.6) is 5.75 Å². The molecule has 3 unspecified atom stereocenters. The second-order valence-corrected chi connectivity index (χ2v) is 5.79. The standard InChI is InChI=1S/C16H18N2O3/c17-7-11-1-4-13(5-2-11)21-10-16(20)18-8-12-3-6-15(19)14(12)9-18/h1-2,4-5,12,14-15,19H,3,6,8-10H2. The third-order valence-corrected chi connectivity index (χ3v) is 4.52. The molecule has 1 aromatic carbocycles. The van der Waals surface area contributed by atoms with E-state index in [9.17, 15) is 9.90 Å². The Labute approximate surface area is 123 Å². The number of likely N-dealkylation sites (tertiary alicyclic amines) is 1. The Morgan fingerprint density at radius 1 is 1.33 bits per heavy atom. The Hall–Kier alpha value is -2.06. The number of aliphatic hydroxyl groups excluding tert-OH is 1. The summed E-state index contributed by atoms with van der Waals surface area (Å²) in [5, 5.41) is 18.6. The molecule has 5 nitrogen and oxygen atoms in total. The fraction of sp³-hybridized carbons (Fsp3) is 0.500. The summed E-state index contributed by atoms with van der Waals surface area (Å²) < 4.78 is 5.47. The number of amides is 1. The third kappa shape index (κ3) is 2.86. The van der Waals surface area contributed by atoms with Crippen molar-refractivity contribution in [1.82, 2.24) is 4.90 Å². The maximum absolute atomic E-state index is 12.1. The van der Waals surface area contributed by atoms with E-state index in [1.807, 2.05) is 6.07 Å². The van der Waals surface area contributed by atoms with Gasteiger partial charge in [0, 0.05) is 19.0 Å². The van der Waals surface area contributed by atoms with E-state index < -0.39 is 0 Å². The predicted octanol–water partition coefficient (Wildman–Crippen LogP) is 1.17. The minimum absolute atomic E-state index is 0.00142. The van der Waals surface area contributed by atoms with Gasteiger partial charge < -0.3 is 14.7 Å². The van der Waals surface area contributed by atoms with Gasteiger partial charge in [-0.3, -0.25) is 4.79 Å². The molecule has 5 heteroatoms. The number of aliphatic hydroxyl groups is 1. The van der Waals surface area contributed by atoms with Crippen molar-refractivity contribution in [2.45, 2.75) is 18.9 Å². The van der Waals surface area contributed by atoms with E-state index in [1.54, 1.807) is 29.2 Å². The first-order valence-corrected chi connectivity index (χ1v) is 7.26. The lowest BCUT2D eigenvalue weighted by Crippen LogP contribution is -2.34. The first kappa shape index (κ1) is 13.9. The maximum atomic E-state index is 12.1. The quantitative estimate of drug-likeness (QED) is 0.905. The summed E-state index contributed by atoms with van der Waals surface area (Å²) in [6.07, 6.45) is 1.61. The lowest BCUT2D eigenvalue weighted by atomic mass is 10.00. The highest BCUT2D eigenvalue weighted by Crippen LogP contribution is 2.38. The van der Waals surface area contributed by atoms with Crippen molar-refractivity contribution in [3.05, 3.63) is 29.8 Å². The zero-order valence-corrected chi connectivity index (χ0v) is 11.7. The van der Waals surface area contributed by atoms with Crippen LogP contribution in [0.2, 0.25) is 0 Å². The summed E-state index contributed by atoms with van der Waals surface area (Å²) in [6.45, 7) is 1.38. The molecule has 1 N–H and O–H groups in total. The van der Waals surface area contributed by atoms with E-state index in [0.717, 1.165) is 19.4 Å². The smallest absolute Gasteiger partial charge is 0.260 e. The second kappa shape index (κ2) is 5.74. The first-order valence-electron chi connectivity index (χ1n) is 7.26. The average molecular weight is 286 g/mol. The number of carbonyl (C=O) groups is 1. The van der Waals surface area contributed by atoms with Gasteiger partial charge >= 0.3 is 0 Å². The Morgan fingerprint density at radius 3 is 2.76 bits per heavy atom. The number of hydrogen-bond donors (Lipinski definition) is 1. The summed E-state index contributed by atoms with van der Waals surface area (Å²) in [5.41, 5.74) is 0.565. The normalized spacial score (nSPS) is 27.2. The summed E-state index contributed by atoms with van der Waals surface area (Å²) in [7, 11) is 0. The number of nitrogens with zero attached hydrogens (tertiary/aromatic N) is 2. The first-order chi connectivity index (χ1) is 10.2. The molecule has 1 amide bonds. The minimum atomic E-state index is -0.257. The summed E-state index contributed by atoms with van der Waals surface area (Å²) >= 11 is 0. The Morgan fingerprint density at radius 2 is 2.10 bits per heavy atom. The van der Waals surface area contributed by atoms with Gasteiger partial charge in [-0.15, -0.1) is 0 Å². The monoisotopic (exact) mass is 286 g/mol. The average Bonchev–Trinajstić information content (AvgIpc) is 3.08. The maximum Gasteiger partial charge on any atom is 0.260 e. The van der Waals surface area contributed by atoms with E-state index in [4.69, 9.17) is 10.00 Å². The van der Waals surface area contributed by atoms with Gasteiger partial charge in [-0.1, -0.05) is 0 Å². The van der Waals surface area contributed by atoms with Crippen molar-refractivity contribution >= 4 is 5.91 Å². The number of fused-ring (bicyclic) bond motifs is 1. The third-order valence-electron chi connectivity index (χ3n) is 4.52. The van der Waals surface area contributed by atoms with Crippen molar-refractivity contribution in [3.8, 4) is 11.8 Å². The van der Waals surface area contributed by atoms with Gasteiger partial charge in [0.05, 0.1) is 17.7 Å². The molecule has 110 valence electrons. The molecular weight excluding hydrogens is 268 g/mol. The molecule has 2 aliphatic rings. The van der Waals surface area contributed by atoms with Crippen LogP contribution in [0.4, 0.5) is 0 Å². The molecule has 3 atom stereocenters. The Kier molecular flexibility index (Phi) is 3.80. The van der Waals surface area contributed by atoms with E-state index in [0.29, 0.717) is 23.8 Å². The van der Waals surface area contributed by atoms with Crippen molar-refractivity contribution in [2.75, 3.05) is 19.7 Å². The number of ether oxygens (including phenoxy) is 1. The lowest BCUT2D eigenvalue weighted by Gasteiger charge is -2.18. The summed E-state index contributed by atoms with van der Waals surface area (Å²) in [4.78, 5) is 13.9. The Balaban J connectivity index is 1.52. The molecular formula is C16H18N2O3. The highest BCUT2D eigenvalue weighted by atomic mass is 16.5. The van der Waals surface area contributed by atoms with E-state index in [2.05, 4.69) is 0 Å². The van der Waals surface area contributed by atoms with E-state index in [1.165, 1.54) is 0 Å². The largest absolute Gasteiger partial charge is 0.484 e. The summed E-state index contributed by atoms with van der Waals surface area (Å²) in [5.74, 6) is 1.23. The zero-order valence-electron chi connectivity index (χ0n) is 11.7. The van der Waals surface area contributed by atoms with Crippen LogP contribution >= 0.6 is 0 Å². The molecule has 2 fully saturated rings. The molecule has 1 aromatic rings. The van der Waals surface area contributed by atoms with E-state index in [-0.39, 0.29) is 24.5 Å². The highest BCUT2D eigenvalue weighted by molar-refractivity contribution is 5.78. The fourth-order valence-corrected chi connectivity index (χ4v) is 3.30. The molecule has 3 rings (SSSR count). The molecule has 1 saturated carbocycles. The molecule has 0 aromatic heterocycles. The van der Waals surface area contributed by atoms with Crippen LogP contribution in [0.25, 0.3) is 0 Å². The number of hydrogen-bond acceptors (Lipinski definition) is 4. The van der Waals surface area contributed by atoms with Gasteiger partial charge in [0.1, 0.15) is 5.75 Å². The molecule has 21 heavy (non-hydrogen) atoms. The van der Waals surface area contributed by atoms with Crippen molar-refractivity contribution in [2.24, 2.45) is 11.8 Å². The number of nitriles is 1. The Bertz CT molecular complexity index is 564. The highest BCUT2D eigenvalue weighted by Gasteiger charge is 2.43. The number of rotatable bonds is 3. The molecule has 1 aliphatic carbocycles. The number of carbonyl (C=O) groups excluding carboxylic acids is 1. The van der Waals surface area contributed by atoms with Crippen molar-refractivity contribution in [3.63, 3.8) is 0 Å². The van der Waals surface area contributed by atoms with Crippen LogP contribution in [-0.4, -0.2) is 41.7 Å². The fourth-order valence-electron chi connectivity index (χ4n) is 3.30. The molecule has 0 bridgehead atoms. The van der Waals surface area contributed by atoms with E-state index >= 15 is 0 Å². The second-order valence-electron chi connectivity index (χ2n) is 5.79. The molecule has 1 heterocycles. The van der Waals surface area contributed by atoms with Crippen LogP contribution in [0.3, 0.4) is 0 Å². The lowest BCUT2D eigenvalue weighted by molar-refractivity contribution is -0.132. The van der Waals surface area contributed by atoms with Gasteiger partial charge in [0.2, 0.25) is 0 Å². The molecule has 0 radical (unpaired) electrons. The molecule has 1 aliphatic heterocycles. The number of benzene rings is 1. The van der Waals surface area contributed by atoms with Crippen molar-refractivity contribution in [1.29, 1.82) is 5.26 Å². The van der Waals surface area contributed by atoms with Gasteiger partial charge in [-0.05, 0) is 43.0 Å². The topological polar surface area (TPSA) is 73.6 Å². The molecule has 1 saturated heterocycles. The van der Waals surface area contributed by atoms with Gasteiger partial charge in [0.25, 0.3) is 5.91 Å². The van der Waals surface area contributed by atoms with Crippen LogP contribution in [0.1, 0.15) is 18.4 Å². The predicted molar refractivity (Wildman–Crippen MR) is 75.5 cm³/mol. The summed E-state index contributed by atoms with van der Waals surface area (Å²) in [6, 6.07) is 8.74. The van der Waals surface area contributed by atoms with Gasteiger partial charge in [0.15, 0.2) is 6.61 Å². The van der Waals surface area contributed by atoms with Gasteiger partial charge in [-0.2, -0.15) is 5.26 Å². The SMILES string of the molecule is N#Cc1ccc(OCC(=O)N2CC3CCC(O)C3C2)cc1. The van der Waals surface area contributed by atoms with Crippen LogP contribution < -0.4 is 4.74 Å². The van der Waals surface area contributed by atoms with Gasteiger partial charge in [-0.25, -0.2) is 0 Å². The van der Waals surface area contributed by atoms with Crippen LogP contribution in [-0.2, 0) is 4.79 Å².